The Morgan fingerprint density at radius 2 is 2.09 bits per heavy atom. The van der Waals surface area contributed by atoms with Crippen LogP contribution in [0.1, 0.15) is 24.1 Å². The van der Waals surface area contributed by atoms with E-state index in [9.17, 15) is 9.50 Å². The molecule has 0 amide bonds. The average Bonchev–Trinajstić information content (AvgIpc) is 2.54. The number of hydrogen-bond donors (Lipinski definition) is 3. The molecule has 0 aliphatic rings. The van der Waals surface area contributed by atoms with E-state index in [1.165, 1.54) is 12.1 Å². The van der Waals surface area contributed by atoms with Crippen molar-refractivity contribution in [2.45, 2.75) is 19.5 Å². The lowest BCUT2D eigenvalue weighted by Crippen LogP contribution is -2.38. The van der Waals surface area contributed by atoms with Crippen LogP contribution in [-0.2, 0) is 6.54 Å². The van der Waals surface area contributed by atoms with E-state index >= 15 is 0 Å². The van der Waals surface area contributed by atoms with Gasteiger partial charge in [-0.2, -0.15) is 0 Å². The summed E-state index contributed by atoms with van der Waals surface area (Å²) in [5, 5.41) is 16.2. The highest BCUT2D eigenvalue weighted by molar-refractivity contribution is 6.30. The third-order valence-corrected chi connectivity index (χ3v) is 3.63. The van der Waals surface area contributed by atoms with Gasteiger partial charge in [0.05, 0.1) is 6.04 Å². The van der Waals surface area contributed by atoms with Gasteiger partial charge in [0.1, 0.15) is 0 Å². The fraction of sp³-hybridized carbons (Fsp3) is 0.235. The molecule has 1 unspecified atom stereocenters. The Labute approximate surface area is 140 Å². The summed E-state index contributed by atoms with van der Waals surface area (Å²) < 4.78 is 13.3. The number of phenols is 1. The van der Waals surface area contributed by atoms with Gasteiger partial charge in [-0.1, -0.05) is 29.8 Å². The maximum absolute atomic E-state index is 13.3. The molecule has 2 aromatic carbocycles. The summed E-state index contributed by atoms with van der Waals surface area (Å²) in [4.78, 5) is 4.15. The largest absolute Gasteiger partial charge is 0.505 e. The minimum atomic E-state index is -0.639. The number of halogens is 2. The van der Waals surface area contributed by atoms with Crippen molar-refractivity contribution < 1.29 is 9.50 Å². The SMILES string of the molecule is CN=C(NCc1ccc(O)c(F)c1)NC(C)c1cccc(Cl)c1. The van der Waals surface area contributed by atoms with Crippen LogP contribution in [0, 0.1) is 5.82 Å². The summed E-state index contributed by atoms with van der Waals surface area (Å²) in [6.45, 7) is 2.39. The maximum Gasteiger partial charge on any atom is 0.191 e. The van der Waals surface area contributed by atoms with Crippen molar-refractivity contribution in [1.29, 1.82) is 0 Å². The molecule has 0 heterocycles. The molecule has 0 bridgehead atoms. The molecule has 0 aliphatic heterocycles. The average molecular weight is 336 g/mol. The van der Waals surface area contributed by atoms with E-state index in [1.807, 2.05) is 31.2 Å². The van der Waals surface area contributed by atoms with Gasteiger partial charge >= 0.3 is 0 Å². The first kappa shape index (κ1) is 17.1. The van der Waals surface area contributed by atoms with Crippen molar-refractivity contribution in [2.75, 3.05) is 7.05 Å². The molecule has 0 saturated heterocycles. The van der Waals surface area contributed by atoms with Crippen LogP contribution in [0.15, 0.2) is 47.5 Å². The van der Waals surface area contributed by atoms with Gasteiger partial charge in [0.25, 0.3) is 0 Å². The van der Waals surface area contributed by atoms with Crippen LogP contribution in [0.3, 0.4) is 0 Å². The van der Waals surface area contributed by atoms with Gasteiger partial charge in [-0.3, -0.25) is 4.99 Å². The second kappa shape index (κ2) is 7.83. The molecule has 2 rings (SSSR count). The first-order chi connectivity index (χ1) is 11.0. The second-order valence-electron chi connectivity index (χ2n) is 5.13. The zero-order chi connectivity index (χ0) is 16.8. The Bertz CT molecular complexity index is 706. The standard InChI is InChI=1S/C17H19ClFN3O/c1-11(13-4-3-5-14(18)9-13)22-17(20-2)21-10-12-6-7-16(23)15(19)8-12/h3-9,11,23H,10H2,1-2H3,(H2,20,21,22). The van der Waals surface area contributed by atoms with Crippen LogP contribution in [0.4, 0.5) is 4.39 Å². The highest BCUT2D eigenvalue weighted by Crippen LogP contribution is 2.18. The summed E-state index contributed by atoms with van der Waals surface area (Å²) in [6.07, 6.45) is 0. The van der Waals surface area contributed by atoms with Crippen molar-refractivity contribution >= 4 is 17.6 Å². The lowest BCUT2D eigenvalue weighted by atomic mass is 10.1. The van der Waals surface area contributed by atoms with Crippen molar-refractivity contribution in [3.8, 4) is 5.75 Å². The Hall–Kier alpha value is -2.27. The monoisotopic (exact) mass is 335 g/mol. The molecule has 2 aromatic rings. The molecule has 0 radical (unpaired) electrons. The summed E-state index contributed by atoms with van der Waals surface area (Å²) in [6, 6.07) is 11.9. The maximum atomic E-state index is 13.3. The van der Waals surface area contributed by atoms with Crippen LogP contribution in [0.25, 0.3) is 0 Å². The van der Waals surface area contributed by atoms with E-state index in [2.05, 4.69) is 15.6 Å². The molecule has 0 aliphatic carbocycles. The molecule has 0 saturated carbocycles. The summed E-state index contributed by atoms with van der Waals surface area (Å²) in [5.74, 6) is -0.406. The topological polar surface area (TPSA) is 56.7 Å². The van der Waals surface area contributed by atoms with E-state index in [1.54, 1.807) is 13.1 Å². The molecule has 23 heavy (non-hydrogen) atoms. The summed E-state index contributed by atoms with van der Waals surface area (Å²) in [7, 11) is 1.66. The van der Waals surface area contributed by atoms with Gasteiger partial charge < -0.3 is 15.7 Å². The molecular formula is C17H19ClFN3O. The third kappa shape index (κ3) is 4.86. The number of nitrogens with one attached hydrogen (secondary N) is 2. The Kier molecular flexibility index (Phi) is 5.82. The molecule has 122 valence electrons. The number of hydrogen-bond acceptors (Lipinski definition) is 2. The minimum absolute atomic E-state index is 0.0106. The van der Waals surface area contributed by atoms with Crippen molar-refractivity contribution in [3.63, 3.8) is 0 Å². The predicted molar refractivity (Wildman–Crippen MR) is 91.3 cm³/mol. The number of phenolic OH excluding ortho intramolecular Hbond substituents is 1. The predicted octanol–water partition coefficient (Wildman–Crippen LogP) is 3.61. The Morgan fingerprint density at radius 3 is 2.74 bits per heavy atom. The van der Waals surface area contributed by atoms with Gasteiger partial charge in [-0.25, -0.2) is 4.39 Å². The molecule has 0 aromatic heterocycles. The summed E-state index contributed by atoms with van der Waals surface area (Å²) >= 11 is 6.00. The van der Waals surface area contributed by atoms with Gasteiger partial charge in [0.2, 0.25) is 0 Å². The van der Waals surface area contributed by atoms with E-state index in [0.717, 1.165) is 5.56 Å². The third-order valence-electron chi connectivity index (χ3n) is 3.40. The quantitative estimate of drug-likeness (QED) is 0.591. The van der Waals surface area contributed by atoms with E-state index in [-0.39, 0.29) is 11.8 Å². The zero-order valence-corrected chi connectivity index (χ0v) is 13.7. The number of aliphatic imine (C=N–C) groups is 1. The number of nitrogens with zero attached hydrogens (tertiary/aromatic N) is 1. The van der Waals surface area contributed by atoms with Gasteiger partial charge in [-0.05, 0) is 42.3 Å². The van der Waals surface area contributed by atoms with Crippen LogP contribution >= 0.6 is 11.6 Å². The van der Waals surface area contributed by atoms with Crippen LogP contribution in [0.2, 0.25) is 5.02 Å². The van der Waals surface area contributed by atoms with Gasteiger partial charge in [0.15, 0.2) is 17.5 Å². The minimum Gasteiger partial charge on any atom is -0.505 e. The molecule has 0 fully saturated rings. The summed E-state index contributed by atoms with van der Waals surface area (Å²) in [5.41, 5.74) is 1.75. The van der Waals surface area contributed by atoms with Gasteiger partial charge in [0, 0.05) is 18.6 Å². The van der Waals surface area contributed by atoms with Crippen molar-refractivity contribution in [3.05, 3.63) is 64.4 Å². The fourth-order valence-corrected chi connectivity index (χ4v) is 2.30. The normalized spacial score (nSPS) is 12.8. The number of aromatic hydroxyl groups is 1. The van der Waals surface area contributed by atoms with E-state index in [4.69, 9.17) is 11.6 Å². The molecular weight excluding hydrogens is 317 g/mol. The highest BCUT2D eigenvalue weighted by Gasteiger charge is 2.08. The lowest BCUT2D eigenvalue weighted by Gasteiger charge is -2.18. The Morgan fingerprint density at radius 1 is 1.30 bits per heavy atom. The smallest absolute Gasteiger partial charge is 0.191 e. The molecule has 6 heteroatoms. The zero-order valence-electron chi connectivity index (χ0n) is 13.0. The van der Waals surface area contributed by atoms with Crippen LogP contribution in [-0.4, -0.2) is 18.1 Å². The molecule has 0 spiro atoms. The molecule has 3 N–H and O–H groups in total. The van der Waals surface area contributed by atoms with Crippen molar-refractivity contribution in [1.82, 2.24) is 10.6 Å². The first-order valence-electron chi connectivity index (χ1n) is 7.19. The lowest BCUT2D eigenvalue weighted by molar-refractivity contribution is 0.431. The molecule has 4 nitrogen and oxygen atoms in total. The number of rotatable bonds is 4. The fourth-order valence-electron chi connectivity index (χ4n) is 2.11. The second-order valence-corrected chi connectivity index (χ2v) is 5.57. The van der Waals surface area contributed by atoms with E-state index < -0.39 is 5.82 Å². The van der Waals surface area contributed by atoms with Crippen molar-refractivity contribution in [2.24, 2.45) is 4.99 Å². The number of benzene rings is 2. The highest BCUT2D eigenvalue weighted by atomic mass is 35.5. The van der Waals surface area contributed by atoms with Gasteiger partial charge in [-0.15, -0.1) is 0 Å². The van der Waals surface area contributed by atoms with E-state index in [0.29, 0.717) is 23.1 Å². The van der Waals surface area contributed by atoms with Crippen LogP contribution in [0.5, 0.6) is 5.75 Å². The first-order valence-corrected chi connectivity index (χ1v) is 7.57. The Balaban J connectivity index is 1.96. The van der Waals surface area contributed by atoms with Crippen LogP contribution < -0.4 is 10.6 Å². The number of guanidine groups is 1. The molecule has 1 atom stereocenters.